The Kier molecular flexibility index (Phi) is 7.15. The highest BCUT2D eigenvalue weighted by Crippen LogP contribution is 2.34. The van der Waals surface area contributed by atoms with Crippen molar-refractivity contribution < 1.29 is 9.47 Å². The van der Waals surface area contributed by atoms with Gasteiger partial charge in [0.15, 0.2) is 11.5 Å². The lowest BCUT2D eigenvalue weighted by Crippen LogP contribution is -2.63. The van der Waals surface area contributed by atoms with E-state index in [9.17, 15) is 0 Å². The van der Waals surface area contributed by atoms with Crippen molar-refractivity contribution >= 4 is 5.84 Å². The molecule has 0 bridgehead atoms. The van der Waals surface area contributed by atoms with Crippen LogP contribution in [-0.2, 0) is 12.8 Å². The summed E-state index contributed by atoms with van der Waals surface area (Å²) in [6, 6.07) is 3.80. The van der Waals surface area contributed by atoms with Crippen LogP contribution in [0.15, 0.2) is 17.1 Å². The Morgan fingerprint density at radius 2 is 1.71 bits per heavy atom. The molecule has 8 heteroatoms. The van der Waals surface area contributed by atoms with Gasteiger partial charge in [-0.25, -0.2) is 0 Å². The van der Waals surface area contributed by atoms with Gasteiger partial charge < -0.3 is 36.9 Å². The summed E-state index contributed by atoms with van der Waals surface area (Å²) >= 11 is 0. The van der Waals surface area contributed by atoms with Gasteiger partial charge in [0.2, 0.25) is 0 Å². The SMILES string of the molecule is CCc1cc2c(cc1CC1=NC(C(C)(N)N)C(N)N1CCNCC(C)(C)C)OCCO2. The van der Waals surface area contributed by atoms with Crippen molar-refractivity contribution in [1.82, 2.24) is 10.2 Å². The van der Waals surface area contributed by atoms with Gasteiger partial charge in [0, 0.05) is 26.1 Å². The summed E-state index contributed by atoms with van der Waals surface area (Å²) in [7, 11) is 0. The highest BCUT2D eigenvalue weighted by atomic mass is 16.6. The van der Waals surface area contributed by atoms with Gasteiger partial charge in [-0.3, -0.25) is 4.99 Å². The lowest BCUT2D eigenvalue weighted by Gasteiger charge is -2.33. The highest BCUT2D eigenvalue weighted by Gasteiger charge is 2.41. The molecule has 0 fully saturated rings. The van der Waals surface area contributed by atoms with Crippen molar-refractivity contribution in [3.05, 3.63) is 23.3 Å². The van der Waals surface area contributed by atoms with Gasteiger partial charge in [-0.05, 0) is 42.0 Å². The average molecular weight is 433 g/mol. The van der Waals surface area contributed by atoms with E-state index in [1.165, 1.54) is 11.1 Å². The number of nitrogens with two attached hydrogens (primary N) is 3. The average Bonchev–Trinajstić information content (AvgIpc) is 2.99. The van der Waals surface area contributed by atoms with Crippen molar-refractivity contribution in [3.8, 4) is 11.5 Å². The number of fused-ring (bicyclic) bond motifs is 1. The van der Waals surface area contributed by atoms with Crippen LogP contribution in [0.1, 0.15) is 45.7 Å². The number of aryl methyl sites for hydroxylation is 1. The predicted octanol–water partition coefficient (Wildman–Crippen LogP) is 1.20. The number of amidine groups is 1. The number of hydrogen-bond acceptors (Lipinski definition) is 8. The van der Waals surface area contributed by atoms with Crippen LogP contribution in [0.5, 0.6) is 11.5 Å². The summed E-state index contributed by atoms with van der Waals surface area (Å²) in [5.74, 6) is 2.52. The van der Waals surface area contributed by atoms with Gasteiger partial charge >= 0.3 is 0 Å². The predicted molar refractivity (Wildman–Crippen MR) is 126 cm³/mol. The monoisotopic (exact) mass is 432 g/mol. The second-order valence-corrected chi connectivity index (χ2v) is 10.1. The van der Waals surface area contributed by atoms with E-state index in [1.807, 2.05) is 0 Å². The zero-order chi connectivity index (χ0) is 22.8. The van der Waals surface area contributed by atoms with E-state index in [0.717, 1.165) is 43.4 Å². The molecule has 174 valence electrons. The molecular formula is C23H40N6O2. The molecule has 0 radical (unpaired) electrons. The van der Waals surface area contributed by atoms with E-state index < -0.39 is 5.66 Å². The molecule has 2 unspecified atom stereocenters. The summed E-state index contributed by atoms with van der Waals surface area (Å²) in [6.07, 6.45) is 1.20. The first-order valence-electron chi connectivity index (χ1n) is 11.3. The molecule has 8 nitrogen and oxygen atoms in total. The van der Waals surface area contributed by atoms with Gasteiger partial charge in [-0.2, -0.15) is 0 Å². The van der Waals surface area contributed by atoms with Crippen LogP contribution < -0.4 is 32.0 Å². The molecule has 0 spiro atoms. The summed E-state index contributed by atoms with van der Waals surface area (Å²) in [5, 5.41) is 3.52. The van der Waals surface area contributed by atoms with Crippen LogP contribution in [0.25, 0.3) is 0 Å². The Morgan fingerprint density at radius 1 is 1.10 bits per heavy atom. The third-order valence-electron chi connectivity index (χ3n) is 5.72. The quantitative estimate of drug-likeness (QED) is 0.359. The smallest absolute Gasteiger partial charge is 0.161 e. The topological polar surface area (TPSA) is 124 Å². The van der Waals surface area contributed by atoms with E-state index in [4.69, 9.17) is 31.7 Å². The van der Waals surface area contributed by atoms with Crippen LogP contribution in [-0.4, -0.2) is 61.5 Å². The molecule has 1 aromatic carbocycles. The lowest BCUT2D eigenvalue weighted by atomic mass is 9.97. The van der Waals surface area contributed by atoms with Crippen LogP contribution in [0, 0.1) is 5.41 Å². The van der Waals surface area contributed by atoms with Crippen molar-refractivity contribution in [1.29, 1.82) is 0 Å². The zero-order valence-corrected chi connectivity index (χ0v) is 19.7. The van der Waals surface area contributed by atoms with Gasteiger partial charge in [-0.1, -0.05) is 27.7 Å². The van der Waals surface area contributed by atoms with E-state index >= 15 is 0 Å². The normalized spacial score (nSPS) is 21.4. The summed E-state index contributed by atoms with van der Waals surface area (Å²) < 4.78 is 11.6. The Balaban J connectivity index is 1.81. The van der Waals surface area contributed by atoms with Crippen molar-refractivity contribution in [2.24, 2.45) is 27.6 Å². The molecule has 3 rings (SSSR count). The molecule has 2 aliphatic heterocycles. The molecule has 0 aliphatic carbocycles. The molecule has 31 heavy (non-hydrogen) atoms. The Hall–Kier alpha value is -1.87. The largest absolute Gasteiger partial charge is 0.486 e. The van der Waals surface area contributed by atoms with Gasteiger partial charge in [0.05, 0.1) is 5.66 Å². The minimum atomic E-state index is -0.987. The maximum absolute atomic E-state index is 6.58. The van der Waals surface area contributed by atoms with Crippen LogP contribution >= 0.6 is 0 Å². The second-order valence-electron chi connectivity index (χ2n) is 10.1. The van der Waals surface area contributed by atoms with Crippen LogP contribution in [0.4, 0.5) is 0 Å². The Morgan fingerprint density at radius 3 is 2.26 bits per heavy atom. The molecule has 2 atom stereocenters. The maximum atomic E-state index is 6.58. The van der Waals surface area contributed by atoms with Gasteiger partial charge in [-0.15, -0.1) is 0 Å². The number of hydrogen-bond donors (Lipinski definition) is 4. The number of rotatable bonds is 8. The van der Waals surface area contributed by atoms with E-state index in [-0.39, 0.29) is 17.6 Å². The number of nitrogens with zero attached hydrogens (tertiary/aromatic N) is 2. The summed E-state index contributed by atoms with van der Waals surface area (Å²) in [4.78, 5) is 7.05. The fraction of sp³-hybridized carbons (Fsp3) is 0.696. The van der Waals surface area contributed by atoms with Crippen LogP contribution in [0.3, 0.4) is 0 Å². The maximum Gasteiger partial charge on any atom is 0.161 e. The third-order valence-corrected chi connectivity index (χ3v) is 5.72. The molecule has 1 aromatic rings. The summed E-state index contributed by atoms with van der Waals surface area (Å²) in [5.41, 5.74) is 20.6. The first-order valence-corrected chi connectivity index (χ1v) is 11.3. The van der Waals surface area contributed by atoms with Gasteiger partial charge in [0.1, 0.15) is 31.3 Å². The van der Waals surface area contributed by atoms with Crippen molar-refractivity contribution in [3.63, 3.8) is 0 Å². The molecule has 0 saturated carbocycles. The lowest BCUT2D eigenvalue weighted by molar-refractivity contribution is 0.171. The molecule has 0 aromatic heterocycles. The van der Waals surface area contributed by atoms with E-state index in [2.05, 4.69) is 50.0 Å². The fourth-order valence-corrected chi connectivity index (χ4v) is 4.09. The molecule has 0 amide bonds. The minimum Gasteiger partial charge on any atom is -0.486 e. The molecule has 0 saturated heterocycles. The molecule has 2 heterocycles. The Labute approximate surface area is 186 Å². The molecule has 7 N–H and O–H groups in total. The standard InChI is InChI=1S/C23H40N6O2/c1-6-15-11-17-18(31-10-9-30-17)12-16(15)13-19-28-20(23(5,25)26)21(24)29(19)8-7-27-14-22(2,3)4/h11-12,20-21,27H,6-10,13-14,24-26H2,1-5H3. The summed E-state index contributed by atoms with van der Waals surface area (Å²) in [6.45, 7) is 14.2. The third kappa shape index (κ3) is 5.88. The fourth-order valence-electron chi connectivity index (χ4n) is 4.09. The van der Waals surface area contributed by atoms with E-state index in [0.29, 0.717) is 19.6 Å². The van der Waals surface area contributed by atoms with E-state index in [1.54, 1.807) is 6.92 Å². The number of ether oxygens (including phenoxy) is 2. The highest BCUT2D eigenvalue weighted by molar-refractivity contribution is 5.87. The van der Waals surface area contributed by atoms with Crippen molar-refractivity contribution in [2.75, 3.05) is 32.8 Å². The number of benzene rings is 1. The first-order chi connectivity index (χ1) is 14.5. The van der Waals surface area contributed by atoms with Crippen molar-refractivity contribution in [2.45, 2.75) is 65.3 Å². The first kappa shape index (κ1) is 23.8. The molecule has 2 aliphatic rings. The van der Waals surface area contributed by atoms with Crippen LogP contribution in [0.2, 0.25) is 0 Å². The number of nitrogens with one attached hydrogen (secondary N) is 1. The van der Waals surface area contributed by atoms with Gasteiger partial charge in [0.25, 0.3) is 0 Å². The molecular weight excluding hydrogens is 392 g/mol. The minimum absolute atomic E-state index is 0.223. The zero-order valence-electron chi connectivity index (χ0n) is 19.7. The Bertz CT molecular complexity index is 796. The number of aliphatic imine (C=N–C) groups is 1. The second kappa shape index (κ2) is 9.32.